The largest absolute Gasteiger partial charge is 0.436 e. The Balaban J connectivity index is 1.46. The van der Waals surface area contributed by atoms with Gasteiger partial charge < -0.3 is 10.5 Å². The first-order valence-corrected chi connectivity index (χ1v) is 9.99. The van der Waals surface area contributed by atoms with E-state index in [4.69, 9.17) is 10.5 Å². The summed E-state index contributed by atoms with van der Waals surface area (Å²) < 4.78 is 24.5. The molecule has 162 valence electrons. The van der Waals surface area contributed by atoms with Crippen LogP contribution in [0.4, 0.5) is 4.39 Å². The zero-order valence-electron chi connectivity index (χ0n) is 17.1. The number of halogens is 1. The van der Waals surface area contributed by atoms with Gasteiger partial charge in [0, 0.05) is 25.6 Å². The van der Waals surface area contributed by atoms with Crippen molar-refractivity contribution in [2.24, 2.45) is 12.8 Å². The van der Waals surface area contributed by atoms with Crippen LogP contribution in [0.15, 0.2) is 59.4 Å². The molecule has 1 amide bonds. The van der Waals surface area contributed by atoms with Crippen molar-refractivity contribution in [3.63, 3.8) is 0 Å². The summed E-state index contributed by atoms with van der Waals surface area (Å²) >= 11 is 0. The van der Waals surface area contributed by atoms with E-state index in [0.29, 0.717) is 12.2 Å². The summed E-state index contributed by atoms with van der Waals surface area (Å²) in [6.45, 7) is 0. The van der Waals surface area contributed by atoms with E-state index in [1.807, 2.05) is 30.3 Å². The van der Waals surface area contributed by atoms with E-state index in [-0.39, 0.29) is 34.7 Å². The number of nitrogens with zero attached hydrogens (tertiary/aromatic N) is 5. The minimum atomic E-state index is -0.715. The Hall–Kier alpha value is -4.21. The third-order valence-corrected chi connectivity index (χ3v) is 5.48. The van der Waals surface area contributed by atoms with Crippen molar-refractivity contribution in [3.8, 4) is 17.3 Å². The van der Waals surface area contributed by atoms with Crippen LogP contribution in [0.25, 0.3) is 5.69 Å². The predicted octanol–water partition coefficient (Wildman–Crippen LogP) is 2.33. The normalized spacial score (nSPS) is 15.0. The number of amides is 1. The third kappa shape index (κ3) is 3.25. The Bertz CT molecular complexity index is 1390. The van der Waals surface area contributed by atoms with E-state index in [1.54, 1.807) is 17.7 Å². The maximum absolute atomic E-state index is 14.8. The number of carbonyl (C=O) groups is 1. The molecule has 2 N–H and O–H groups in total. The zero-order chi connectivity index (χ0) is 22.4. The SMILES string of the molecule is Cn1nc(C(N)=O)cc1Oc1ccc(-n2nc3n(c2=O)C(c2ccccc2)CC3)cc1F. The van der Waals surface area contributed by atoms with E-state index >= 15 is 0 Å². The Morgan fingerprint density at radius 2 is 1.94 bits per heavy atom. The minimum Gasteiger partial charge on any atom is -0.436 e. The summed E-state index contributed by atoms with van der Waals surface area (Å²) in [6, 6.07) is 15.1. The molecule has 1 unspecified atom stereocenters. The first kappa shape index (κ1) is 19.7. The number of aromatic nitrogens is 5. The van der Waals surface area contributed by atoms with Gasteiger partial charge in [-0.1, -0.05) is 30.3 Å². The average molecular weight is 434 g/mol. The minimum absolute atomic E-state index is 0.00609. The van der Waals surface area contributed by atoms with E-state index in [2.05, 4.69) is 10.2 Å². The highest BCUT2D eigenvalue weighted by molar-refractivity contribution is 5.91. The lowest BCUT2D eigenvalue weighted by Crippen LogP contribution is -2.26. The second kappa shape index (κ2) is 7.49. The van der Waals surface area contributed by atoms with E-state index in [1.165, 1.54) is 27.6 Å². The lowest BCUT2D eigenvalue weighted by molar-refractivity contribution is 0.0995. The smallest absolute Gasteiger partial charge is 0.351 e. The Kier molecular flexibility index (Phi) is 4.62. The van der Waals surface area contributed by atoms with Gasteiger partial charge in [-0.25, -0.2) is 13.9 Å². The van der Waals surface area contributed by atoms with Gasteiger partial charge in [-0.2, -0.15) is 9.78 Å². The van der Waals surface area contributed by atoms with Gasteiger partial charge in [0.2, 0.25) is 5.88 Å². The number of nitrogens with two attached hydrogens (primary N) is 1. The van der Waals surface area contributed by atoms with Crippen LogP contribution in [0.2, 0.25) is 0 Å². The van der Waals surface area contributed by atoms with Gasteiger partial charge in [0.25, 0.3) is 5.91 Å². The number of benzene rings is 2. The van der Waals surface area contributed by atoms with Crippen molar-refractivity contribution in [1.29, 1.82) is 0 Å². The van der Waals surface area contributed by atoms with Crippen LogP contribution in [0.3, 0.4) is 0 Å². The molecule has 0 radical (unpaired) electrons. The Morgan fingerprint density at radius 1 is 1.16 bits per heavy atom. The quantitative estimate of drug-likeness (QED) is 0.518. The fraction of sp³-hybridized carbons (Fsp3) is 0.182. The molecular formula is C22H19FN6O3. The highest BCUT2D eigenvalue weighted by atomic mass is 19.1. The summed E-state index contributed by atoms with van der Waals surface area (Å²) in [5.74, 6) is -0.682. The maximum Gasteiger partial charge on any atom is 0.351 e. The van der Waals surface area contributed by atoms with Crippen molar-refractivity contribution in [2.45, 2.75) is 18.9 Å². The fourth-order valence-electron chi connectivity index (χ4n) is 3.94. The van der Waals surface area contributed by atoms with Crippen molar-refractivity contribution >= 4 is 5.91 Å². The molecule has 2 aromatic heterocycles. The van der Waals surface area contributed by atoms with Crippen LogP contribution in [0.1, 0.15) is 34.3 Å². The van der Waals surface area contributed by atoms with Gasteiger partial charge in [-0.05, 0) is 24.1 Å². The highest BCUT2D eigenvalue weighted by Gasteiger charge is 2.29. The highest BCUT2D eigenvalue weighted by Crippen LogP contribution is 2.30. The second-order valence-corrected chi connectivity index (χ2v) is 7.52. The number of primary amides is 1. The third-order valence-electron chi connectivity index (χ3n) is 5.48. The predicted molar refractivity (Wildman–Crippen MR) is 112 cm³/mol. The number of rotatable bonds is 5. The zero-order valence-corrected chi connectivity index (χ0v) is 17.1. The van der Waals surface area contributed by atoms with Gasteiger partial charge >= 0.3 is 5.69 Å². The molecule has 1 aliphatic rings. The van der Waals surface area contributed by atoms with Crippen LogP contribution < -0.4 is 16.2 Å². The molecule has 0 aliphatic carbocycles. The van der Waals surface area contributed by atoms with Crippen LogP contribution in [0, 0.1) is 5.82 Å². The number of carbonyl (C=O) groups excluding carboxylic acids is 1. The summed E-state index contributed by atoms with van der Waals surface area (Å²) in [5, 5.41) is 8.33. The molecule has 0 fully saturated rings. The Morgan fingerprint density at radius 3 is 2.62 bits per heavy atom. The first-order valence-electron chi connectivity index (χ1n) is 9.99. The number of hydrogen-bond donors (Lipinski definition) is 1. The summed E-state index contributed by atoms with van der Waals surface area (Å²) in [5.41, 5.74) is 6.22. The summed E-state index contributed by atoms with van der Waals surface area (Å²) in [7, 11) is 1.55. The van der Waals surface area contributed by atoms with Crippen LogP contribution in [-0.2, 0) is 13.5 Å². The molecule has 10 heteroatoms. The second-order valence-electron chi connectivity index (χ2n) is 7.52. The van der Waals surface area contributed by atoms with Gasteiger partial charge in [-0.15, -0.1) is 5.10 Å². The van der Waals surface area contributed by atoms with Gasteiger partial charge in [-0.3, -0.25) is 9.36 Å². The molecule has 3 heterocycles. The molecule has 32 heavy (non-hydrogen) atoms. The molecule has 5 rings (SSSR count). The topological polar surface area (TPSA) is 110 Å². The Labute approximate surface area is 181 Å². The molecule has 0 saturated heterocycles. The lowest BCUT2D eigenvalue weighted by atomic mass is 10.1. The average Bonchev–Trinajstić information content (AvgIpc) is 3.45. The fourth-order valence-corrected chi connectivity index (χ4v) is 3.94. The monoisotopic (exact) mass is 434 g/mol. The first-order chi connectivity index (χ1) is 15.4. The van der Waals surface area contributed by atoms with Gasteiger partial charge in [0.05, 0.1) is 11.7 Å². The molecular weight excluding hydrogens is 415 g/mol. The van der Waals surface area contributed by atoms with E-state index in [0.717, 1.165) is 12.0 Å². The van der Waals surface area contributed by atoms with Gasteiger partial charge in [0.15, 0.2) is 17.3 Å². The lowest BCUT2D eigenvalue weighted by Gasteiger charge is -2.12. The summed E-state index contributed by atoms with van der Waals surface area (Å²) in [4.78, 5) is 24.4. The van der Waals surface area contributed by atoms with E-state index < -0.39 is 11.7 Å². The van der Waals surface area contributed by atoms with Crippen LogP contribution in [-0.4, -0.2) is 30.0 Å². The van der Waals surface area contributed by atoms with Crippen molar-refractivity contribution in [3.05, 3.63) is 88.0 Å². The summed E-state index contributed by atoms with van der Waals surface area (Å²) in [6.07, 6.45) is 1.45. The molecule has 4 aromatic rings. The molecule has 1 atom stereocenters. The van der Waals surface area contributed by atoms with Crippen LogP contribution >= 0.6 is 0 Å². The van der Waals surface area contributed by atoms with Gasteiger partial charge in [0.1, 0.15) is 5.82 Å². The number of aryl methyl sites for hydroxylation is 2. The molecule has 9 nitrogen and oxygen atoms in total. The van der Waals surface area contributed by atoms with Crippen LogP contribution in [0.5, 0.6) is 11.6 Å². The molecule has 0 bridgehead atoms. The van der Waals surface area contributed by atoms with Crippen molar-refractivity contribution in [1.82, 2.24) is 24.1 Å². The molecule has 1 aliphatic heterocycles. The molecule has 0 spiro atoms. The molecule has 0 saturated carbocycles. The van der Waals surface area contributed by atoms with E-state index in [9.17, 15) is 14.0 Å². The maximum atomic E-state index is 14.8. The number of fused-ring (bicyclic) bond motifs is 1. The standard InChI is InChI=1S/C22H19FN6O3/c1-27-20(12-16(25-27)21(24)30)32-18-9-7-14(11-15(18)23)29-22(31)28-17(8-10-19(28)26-29)13-5-3-2-4-6-13/h2-7,9,11-12,17H,8,10H2,1H3,(H2,24,30). The van der Waals surface area contributed by atoms with Crippen molar-refractivity contribution in [2.75, 3.05) is 0 Å². The molecule has 2 aromatic carbocycles. The number of hydrogen-bond acceptors (Lipinski definition) is 5. The van der Waals surface area contributed by atoms with Crippen molar-refractivity contribution < 1.29 is 13.9 Å². The number of ether oxygens (including phenoxy) is 1.